The number of carbonyl (C=O) groups is 1. The van der Waals surface area contributed by atoms with E-state index in [1.54, 1.807) is 19.4 Å². The third-order valence-electron chi connectivity index (χ3n) is 4.87. The van der Waals surface area contributed by atoms with E-state index in [1.165, 1.54) is 0 Å². The molecule has 3 rings (SSSR count). The Hall–Kier alpha value is -2.09. The van der Waals surface area contributed by atoms with E-state index in [2.05, 4.69) is 37.6 Å². The number of amides is 1. The molecule has 1 saturated heterocycles. The van der Waals surface area contributed by atoms with Gasteiger partial charge in [0.25, 0.3) is 0 Å². The van der Waals surface area contributed by atoms with Gasteiger partial charge < -0.3 is 20.3 Å². The second kappa shape index (κ2) is 14.0. The first-order valence-corrected chi connectivity index (χ1v) is 9.93. The second-order valence-corrected chi connectivity index (χ2v) is 6.92. The van der Waals surface area contributed by atoms with Crippen molar-refractivity contribution in [3.63, 3.8) is 0 Å². The minimum Gasteiger partial charge on any atom is -0.481 e. The van der Waals surface area contributed by atoms with Gasteiger partial charge in [-0.05, 0) is 31.4 Å². The van der Waals surface area contributed by atoms with Crippen LogP contribution in [0.2, 0.25) is 0 Å². The number of halogens is 2. The molecule has 1 fully saturated rings. The summed E-state index contributed by atoms with van der Waals surface area (Å²) in [6.45, 7) is 3.20. The molecule has 30 heavy (non-hydrogen) atoms. The van der Waals surface area contributed by atoms with E-state index in [9.17, 15) is 4.79 Å². The van der Waals surface area contributed by atoms with E-state index in [0.717, 1.165) is 44.5 Å². The van der Waals surface area contributed by atoms with Gasteiger partial charge in [0.05, 0.1) is 7.11 Å². The molecule has 1 amide bonds. The third kappa shape index (κ3) is 7.97. The van der Waals surface area contributed by atoms with E-state index in [0.29, 0.717) is 24.8 Å². The summed E-state index contributed by atoms with van der Waals surface area (Å²) < 4.78 is 5.24. The number of aromatic nitrogens is 2. The Morgan fingerprint density at radius 3 is 2.57 bits per heavy atom. The fourth-order valence-corrected chi connectivity index (χ4v) is 3.36. The topological polar surface area (TPSA) is 79.4 Å². The number of benzene rings is 1. The molecule has 1 unspecified atom stereocenters. The summed E-state index contributed by atoms with van der Waals surface area (Å²) in [4.78, 5) is 23.4. The molecule has 1 aromatic carbocycles. The Kier molecular flexibility index (Phi) is 12.1. The number of nitrogens with zero attached hydrogens (tertiary/aromatic N) is 3. The molecule has 1 atom stereocenters. The maximum absolute atomic E-state index is 12.3. The number of rotatable bonds is 3. The average molecular weight is 456 g/mol. The fraction of sp³-hybridized carbons (Fsp3) is 0.476. The van der Waals surface area contributed by atoms with Crippen molar-refractivity contribution in [2.75, 3.05) is 38.2 Å². The highest BCUT2D eigenvalue weighted by molar-refractivity contribution is 5.85. The molecule has 2 aromatic rings. The Bertz CT molecular complexity index is 751. The van der Waals surface area contributed by atoms with Crippen molar-refractivity contribution in [2.24, 2.45) is 0 Å². The summed E-state index contributed by atoms with van der Waals surface area (Å²) in [5, 5.41) is 6.59. The number of nitrogens with one attached hydrogen (secondary N) is 2. The van der Waals surface area contributed by atoms with Crippen molar-refractivity contribution in [1.29, 1.82) is 0 Å². The lowest BCUT2D eigenvalue weighted by atomic mass is 10.0. The lowest BCUT2D eigenvalue weighted by Gasteiger charge is -2.23. The first-order chi connectivity index (χ1) is 13.8. The van der Waals surface area contributed by atoms with Crippen molar-refractivity contribution in [3.05, 3.63) is 48.2 Å². The molecular formula is C21H31Cl2N5O2. The monoisotopic (exact) mass is 455 g/mol. The standard InChI is InChI=1S/C21H29N5O2.2ClH/c1-28-20-10-13-24-21(25-20)26-14-6-5-11-23-19(27)16-18(22-12-7-15-26)17-8-3-2-4-9-17;;/h2-4,8-10,13,18,22H,5-7,11-12,14-16H2,1H3,(H,23,27);2*1H. The molecule has 0 spiro atoms. The van der Waals surface area contributed by atoms with Crippen LogP contribution in [0.15, 0.2) is 42.6 Å². The normalized spacial score (nSPS) is 18.4. The number of carbonyl (C=O) groups excluding carboxylic acids is 1. The molecule has 1 aromatic heterocycles. The van der Waals surface area contributed by atoms with Crippen LogP contribution in [0.1, 0.15) is 37.3 Å². The van der Waals surface area contributed by atoms with Crippen LogP contribution in [0.3, 0.4) is 0 Å². The van der Waals surface area contributed by atoms with Crippen LogP contribution in [0, 0.1) is 0 Å². The van der Waals surface area contributed by atoms with E-state index in [-0.39, 0.29) is 36.8 Å². The Labute approximate surface area is 190 Å². The van der Waals surface area contributed by atoms with Crippen LogP contribution < -0.4 is 20.3 Å². The first-order valence-electron chi connectivity index (χ1n) is 9.93. The van der Waals surface area contributed by atoms with Gasteiger partial charge in [0.2, 0.25) is 17.7 Å². The van der Waals surface area contributed by atoms with E-state index in [1.807, 2.05) is 18.2 Å². The molecule has 0 aliphatic carbocycles. The molecule has 2 N–H and O–H groups in total. The Balaban J connectivity index is 0.00000225. The van der Waals surface area contributed by atoms with Crippen LogP contribution >= 0.6 is 24.8 Å². The second-order valence-electron chi connectivity index (χ2n) is 6.92. The maximum atomic E-state index is 12.3. The lowest BCUT2D eigenvalue weighted by molar-refractivity contribution is -0.121. The van der Waals surface area contributed by atoms with Crippen molar-refractivity contribution in [3.8, 4) is 5.88 Å². The molecular weight excluding hydrogens is 425 g/mol. The SMILES string of the molecule is COc1ccnc(N2CCCCNC(=O)CC(c3ccccc3)NCCC2)n1.Cl.Cl. The molecule has 1 aliphatic rings. The van der Waals surface area contributed by atoms with Gasteiger partial charge in [-0.15, -0.1) is 24.8 Å². The summed E-state index contributed by atoms with van der Waals surface area (Å²) in [6.07, 6.45) is 5.01. The van der Waals surface area contributed by atoms with Gasteiger partial charge in [0, 0.05) is 44.4 Å². The third-order valence-corrected chi connectivity index (χ3v) is 4.87. The van der Waals surface area contributed by atoms with Crippen molar-refractivity contribution < 1.29 is 9.53 Å². The van der Waals surface area contributed by atoms with Gasteiger partial charge in [-0.1, -0.05) is 30.3 Å². The molecule has 0 saturated carbocycles. The van der Waals surface area contributed by atoms with Gasteiger partial charge in [-0.25, -0.2) is 4.98 Å². The number of hydrogen-bond donors (Lipinski definition) is 2. The molecule has 0 radical (unpaired) electrons. The van der Waals surface area contributed by atoms with E-state index < -0.39 is 0 Å². The van der Waals surface area contributed by atoms with E-state index >= 15 is 0 Å². The summed E-state index contributed by atoms with van der Waals surface area (Å²) in [5.41, 5.74) is 1.14. The van der Waals surface area contributed by atoms with Crippen LogP contribution in [0.5, 0.6) is 5.88 Å². The average Bonchev–Trinajstić information content (AvgIpc) is 2.76. The van der Waals surface area contributed by atoms with Gasteiger partial charge in [0.15, 0.2) is 0 Å². The number of ether oxygens (including phenoxy) is 1. The van der Waals surface area contributed by atoms with E-state index in [4.69, 9.17) is 4.74 Å². The smallest absolute Gasteiger partial charge is 0.228 e. The molecule has 0 bridgehead atoms. The van der Waals surface area contributed by atoms with Gasteiger partial charge in [-0.2, -0.15) is 4.98 Å². The number of anilines is 1. The minimum atomic E-state index is 0. The summed E-state index contributed by atoms with van der Waals surface area (Å²) in [6, 6.07) is 11.9. The minimum absolute atomic E-state index is 0. The highest BCUT2D eigenvalue weighted by atomic mass is 35.5. The summed E-state index contributed by atoms with van der Waals surface area (Å²) in [5.74, 6) is 1.36. The van der Waals surface area contributed by atoms with Gasteiger partial charge >= 0.3 is 0 Å². The summed E-state index contributed by atoms with van der Waals surface area (Å²) in [7, 11) is 1.61. The largest absolute Gasteiger partial charge is 0.481 e. The highest BCUT2D eigenvalue weighted by Crippen LogP contribution is 2.18. The number of hydrogen-bond acceptors (Lipinski definition) is 6. The maximum Gasteiger partial charge on any atom is 0.228 e. The molecule has 7 nitrogen and oxygen atoms in total. The zero-order chi connectivity index (χ0) is 19.6. The molecule has 2 heterocycles. The molecule has 1 aliphatic heterocycles. The van der Waals surface area contributed by atoms with Crippen molar-refractivity contribution in [2.45, 2.75) is 31.7 Å². The predicted molar refractivity (Wildman–Crippen MR) is 124 cm³/mol. The Morgan fingerprint density at radius 1 is 1.03 bits per heavy atom. The summed E-state index contributed by atoms with van der Waals surface area (Å²) >= 11 is 0. The van der Waals surface area contributed by atoms with Crippen molar-refractivity contribution >= 4 is 36.7 Å². The molecule has 9 heteroatoms. The van der Waals surface area contributed by atoms with Crippen LogP contribution in [-0.4, -0.2) is 49.2 Å². The first kappa shape index (κ1) is 25.9. The van der Waals surface area contributed by atoms with Gasteiger partial charge in [0.1, 0.15) is 0 Å². The van der Waals surface area contributed by atoms with Gasteiger partial charge in [-0.3, -0.25) is 4.79 Å². The quantitative estimate of drug-likeness (QED) is 0.739. The molecule has 166 valence electrons. The van der Waals surface area contributed by atoms with Crippen molar-refractivity contribution in [1.82, 2.24) is 20.6 Å². The van der Waals surface area contributed by atoms with Crippen LogP contribution in [0.25, 0.3) is 0 Å². The number of methoxy groups -OCH3 is 1. The lowest BCUT2D eigenvalue weighted by Crippen LogP contribution is -2.32. The van der Waals surface area contributed by atoms with Crippen LogP contribution in [-0.2, 0) is 4.79 Å². The highest BCUT2D eigenvalue weighted by Gasteiger charge is 2.17. The Morgan fingerprint density at radius 2 is 1.80 bits per heavy atom. The van der Waals surface area contributed by atoms with Crippen LogP contribution in [0.4, 0.5) is 5.95 Å². The predicted octanol–water partition coefficient (Wildman–Crippen LogP) is 3.16. The zero-order valence-electron chi connectivity index (χ0n) is 17.3. The fourth-order valence-electron chi connectivity index (χ4n) is 3.36. The zero-order valence-corrected chi connectivity index (χ0v) is 18.9.